The number of carbonyl (C=O) groups is 4. The molecule has 1 fully saturated rings. The molecule has 1 heterocycles. The average Bonchev–Trinajstić information content (AvgIpc) is 3.22. The van der Waals surface area contributed by atoms with E-state index in [1.807, 2.05) is 13.8 Å². The molecule has 1 aliphatic heterocycles. The van der Waals surface area contributed by atoms with Crippen molar-refractivity contribution in [1.82, 2.24) is 21.3 Å². The molecule has 0 spiro atoms. The summed E-state index contributed by atoms with van der Waals surface area (Å²) in [5.74, 6) is -3.10. The van der Waals surface area contributed by atoms with Gasteiger partial charge in [-0.05, 0) is 44.6 Å². The lowest BCUT2D eigenvalue weighted by molar-refractivity contribution is -0.144. The van der Waals surface area contributed by atoms with Crippen LogP contribution in [0.5, 0.6) is 0 Å². The lowest BCUT2D eigenvalue weighted by atomic mass is 9.98. The van der Waals surface area contributed by atoms with Gasteiger partial charge in [0.2, 0.25) is 17.7 Å². The number of rotatable bonds is 12. The van der Waals surface area contributed by atoms with E-state index in [0.29, 0.717) is 19.3 Å². The van der Waals surface area contributed by atoms with Crippen molar-refractivity contribution in [2.75, 3.05) is 6.54 Å². The lowest BCUT2D eigenvalue weighted by Gasteiger charge is -2.28. The van der Waals surface area contributed by atoms with E-state index in [9.17, 15) is 29.4 Å². The van der Waals surface area contributed by atoms with Crippen LogP contribution in [0.15, 0.2) is 0 Å². The van der Waals surface area contributed by atoms with Gasteiger partial charge in [-0.1, -0.05) is 34.1 Å². The van der Waals surface area contributed by atoms with Crippen LogP contribution in [-0.2, 0) is 19.2 Å². The van der Waals surface area contributed by atoms with Crippen LogP contribution >= 0.6 is 0 Å². The van der Waals surface area contributed by atoms with Crippen LogP contribution < -0.4 is 21.3 Å². The van der Waals surface area contributed by atoms with Crippen molar-refractivity contribution in [1.29, 1.82) is 0 Å². The molecule has 0 aromatic rings. The highest BCUT2D eigenvalue weighted by Gasteiger charge is 2.34. The Bertz CT molecular complexity index is 633. The third-order valence-corrected chi connectivity index (χ3v) is 5.56. The van der Waals surface area contributed by atoms with E-state index >= 15 is 0 Å². The van der Waals surface area contributed by atoms with Crippen molar-refractivity contribution in [2.24, 2.45) is 11.8 Å². The van der Waals surface area contributed by atoms with E-state index in [2.05, 4.69) is 21.3 Å². The monoisotopic (exact) mass is 442 g/mol. The van der Waals surface area contributed by atoms with E-state index < -0.39 is 42.0 Å². The Hall–Kier alpha value is -2.20. The van der Waals surface area contributed by atoms with Gasteiger partial charge < -0.3 is 31.5 Å². The number of carboxylic acids is 1. The van der Waals surface area contributed by atoms with Crippen LogP contribution in [0.1, 0.15) is 60.3 Å². The Morgan fingerprint density at radius 2 is 1.61 bits per heavy atom. The Morgan fingerprint density at radius 3 is 2.06 bits per heavy atom. The minimum atomic E-state index is -1.35. The standard InChI is InChI=1S/C21H38N4O6/c1-6-12(4)16(21(30)31)24-20(29)17(13(5)26)25-19(28)15(10-11(2)3)23-18(27)14-8-7-9-22-14/h11-17,22,26H,6-10H2,1-5H3,(H,23,27)(H,24,29)(H,25,28)(H,30,31). The zero-order valence-corrected chi connectivity index (χ0v) is 19.1. The van der Waals surface area contributed by atoms with Gasteiger partial charge in [0.05, 0.1) is 12.1 Å². The molecule has 6 atom stereocenters. The molecule has 3 amide bonds. The van der Waals surface area contributed by atoms with Crippen molar-refractivity contribution < 1.29 is 29.4 Å². The van der Waals surface area contributed by atoms with Crippen LogP contribution in [-0.4, -0.2) is 70.7 Å². The van der Waals surface area contributed by atoms with Crippen molar-refractivity contribution in [3.8, 4) is 0 Å². The summed E-state index contributed by atoms with van der Waals surface area (Å²) in [6, 6.07) is -3.73. The Balaban J connectivity index is 2.90. The molecule has 10 nitrogen and oxygen atoms in total. The largest absolute Gasteiger partial charge is 0.480 e. The van der Waals surface area contributed by atoms with E-state index in [0.717, 1.165) is 13.0 Å². The molecule has 6 N–H and O–H groups in total. The molecule has 1 saturated heterocycles. The molecule has 0 aliphatic carbocycles. The zero-order valence-electron chi connectivity index (χ0n) is 19.1. The number of amides is 3. The molecular weight excluding hydrogens is 404 g/mol. The maximum atomic E-state index is 12.9. The predicted octanol–water partition coefficient (Wildman–Crippen LogP) is -0.250. The number of carbonyl (C=O) groups excluding carboxylic acids is 3. The van der Waals surface area contributed by atoms with E-state index in [1.165, 1.54) is 6.92 Å². The van der Waals surface area contributed by atoms with Gasteiger partial charge >= 0.3 is 5.97 Å². The number of hydrogen-bond acceptors (Lipinski definition) is 6. The second-order valence-corrected chi connectivity index (χ2v) is 8.78. The van der Waals surface area contributed by atoms with Crippen LogP contribution in [0.2, 0.25) is 0 Å². The molecule has 31 heavy (non-hydrogen) atoms. The molecule has 10 heteroatoms. The van der Waals surface area contributed by atoms with Crippen molar-refractivity contribution in [3.05, 3.63) is 0 Å². The maximum Gasteiger partial charge on any atom is 0.326 e. The molecule has 0 aromatic heterocycles. The molecule has 178 valence electrons. The summed E-state index contributed by atoms with van der Waals surface area (Å²) in [6.45, 7) is 9.39. The fraction of sp³-hybridized carbons (Fsp3) is 0.810. The van der Waals surface area contributed by atoms with Gasteiger partial charge in [-0.25, -0.2) is 4.79 Å². The van der Waals surface area contributed by atoms with Crippen LogP contribution in [0.25, 0.3) is 0 Å². The normalized spacial score (nSPS) is 20.9. The summed E-state index contributed by atoms with van der Waals surface area (Å²) < 4.78 is 0. The van der Waals surface area contributed by atoms with Gasteiger partial charge in [0.25, 0.3) is 0 Å². The number of nitrogens with one attached hydrogen (secondary N) is 4. The molecule has 0 bridgehead atoms. The molecule has 0 aromatic carbocycles. The lowest BCUT2D eigenvalue weighted by Crippen LogP contribution is -2.60. The first kappa shape index (κ1) is 26.8. The van der Waals surface area contributed by atoms with Gasteiger partial charge in [-0.2, -0.15) is 0 Å². The number of carboxylic acid groups (broad SMARTS) is 1. The summed E-state index contributed by atoms with van der Waals surface area (Å²) in [6.07, 6.45) is 1.18. The summed E-state index contributed by atoms with van der Waals surface area (Å²) in [5.41, 5.74) is 0. The SMILES string of the molecule is CCC(C)C(NC(=O)C(NC(=O)C(CC(C)C)NC(=O)C1CCCN1)C(C)O)C(=O)O. The summed E-state index contributed by atoms with van der Waals surface area (Å²) in [5, 5.41) is 30.2. The van der Waals surface area contributed by atoms with E-state index in [1.54, 1.807) is 13.8 Å². The second-order valence-electron chi connectivity index (χ2n) is 8.78. The van der Waals surface area contributed by atoms with Gasteiger partial charge in [0.1, 0.15) is 18.1 Å². The van der Waals surface area contributed by atoms with Gasteiger partial charge in [-0.15, -0.1) is 0 Å². The minimum absolute atomic E-state index is 0.0909. The highest BCUT2D eigenvalue weighted by Crippen LogP contribution is 2.11. The third-order valence-electron chi connectivity index (χ3n) is 5.56. The van der Waals surface area contributed by atoms with Crippen LogP contribution in [0.4, 0.5) is 0 Å². The van der Waals surface area contributed by atoms with Crippen LogP contribution in [0, 0.1) is 11.8 Å². The first-order chi connectivity index (χ1) is 14.5. The average molecular weight is 443 g/mol. The van der Waals surface area contributed by atoms with Crippen molar-refractivity contribution in [2.45, 2.75) is 90.6 Å². The molecule has 0 saturated carbocycles. The first-order valence-corrected chi connectivity index (χ1v) is 11.0. The summed E-state index contributed by atoms with van der Waals surface area (Å²) in [4.78, 5) is 49.6. The quantitative estimate of drug-likeness (QED) is 0.243. The fourth-order valence-corrected chi connectivity index (χ4v) is 3.47. The Labute approximate surface area is 183 Å². The summed E-state index contributed by atoms with van der Waals surface area (Å²) >= 11 is 0. The van der Waals surface area contributed by atoms with Crippen molar-refractivity contribution >= 4 is 23.7 Å². The Morgan fingerprint density at radius 1 is 1.00 bits per heavy atom. The predicted molar refractivity (Wildman–Crippen MR) is 115 cm³/mol. The second kappa shape index (κ2) is 12.6. The number of hydrogen-bond donors (Lipinski definition) is 6. The highest BCUT2D eigenvalue weighted by atomic mass is 16.4. The molecule has 6 unspecified atom stereocenters. The zero-order chi connectivity index (χ0) is 23.7. The molecule has 0 radical (unpaired) electrons. The van der Waals surface area contributed by atoms with Crippen molar-refractivity contribution in [3.63, 3.8) is 0 Å². The fourth-order valence-electron chi connectivity index (χ4n) is 3.47. The minimum Gasteiger partial charge on any atom is -0.480 e. The third kappa shape index (κ3) is 8.45. The first-order valence-electron chi connectivity index (χ1n) is 11.0. The van der Waals surface area contributed by atoms with E-state index in [4.69, 9.17) is 0 Å². The maximum absolute atomic E-state index is 12.9. The van der Waals surface area contributed by atoms with E-state index in [-0.39, 0.29) is 23.8 Å². The topological polar surface area (TPSA) is 157 Å². The summed E-state index contributed by atoms with van der Waals surface area (Å²) in [7, 11) is 0. The smallest absolute Gasteiger partial charge is 0.326 e. The number of aliphatic hydroxyl groups is 1. The Kier molecular flexibility index (Phi) is 10.9. The molecular formula is C21H38N4O6. The van der Waals surface area contributed by atoms with Crippen LogP contribution in [0.3, 0.4) is 0 Å². The molecule has 1 aliphatic rings. The number of aliphatic carboxylic acids is 1. The molecule has 1 rings (SSSR count). The van der Waals surface area contributed by atoms with Gasteiger partial charge in [0.15, 0.2) is 0 Å². The highest BCUT2D eigenvalue weighted by molar-refractivity contribution is 5.94. The number of aliphatic hydroxyl groups excluding tert-OH is 1. The van der Waals surface area contributed by atoms with Gasteiger partial charge in [0, 0.05) is 0 Å². The van der Waals surface area contributed by atoms with Gasteiger partial charge in [-0.3, -0.25) is 14.4 Å².